The van der Waals surface area contributed by atoms with E-state index in [0.29, 0.717) is 10.9 Å². The predicted molar refractivity (Wildman–Crippen MR) is 76.6 cm³/mol. The smallest absolute Gasteiger partial charge is 0.433 e. The summed E-state index contributed by atoms with van der Waals surface area (Å²) in [6, 6.07) is 3.76. The van der Waals surface area contributed by atoms with Crippen LogP contribution in [0.2, 0.25) is 0 Å². The van der Waals surface area contributed by atoms with Gasteiger partial charge in [-0.1, -0.05) is 6.07 Å². The Morgan fingerprint density at radius 3 is 2.54 bits per heavy atom. The lowest BCUT2D eigenvalue weighted by Gasteiger charge is -2.10. The van der Waals surface area contributed by atoms with Gasteiger partial charge in [0.05, 0.1) is 16.3 Å². The normalized spacial score (nSPS) is 12.3. The lowest BCUT2D eigenvalue weighted by molar-refractivity contribution is -0.305. The topological polar surface area (TPSA) is 100 Å². The van der Waals surface area contributed by atoms with Crippen molar-refractivity contribution in [1.82, 2.24) is 9.97 Å². The molecule has 0 aliphatic carbocycles. The van der Waals surface area contributed by atoms with E-state index in [9.17, 15) is 31.5 Å². The zero-order chi connectivity index (χ0) is 18.0. The highest BCUT2D eigenvalue weighted by atomic mass is 32.2. The zero-order valence-corrected chi connectivity index (χ0v) is 13.5. The minimum absolute atomic E-state index is 0.161. The third-order valence-electron chi connectivity index (χ3n) is 2.84. The van der Waals surface area contributed by atoms with Gasteiger partial charge in [-0.3, -0.25) is 0 Å². The number of alkyl halides is 3. The number of aromatic nitrogens is 2. The molecule has 0 atom stereocenters. The van der Waals surface area contributed by atoms with Crippen LogP contribution in [0.25, 0.3) is 10.6 Å². The van der Waals surface area contributed by atoms with Gasteiger partial charge < -0.3 is 9.90 Å². The number of carbonyl (C=O) groups is 1. The van der Waals surface area contributed by atoms with Crippen molar-refractivity contribution >= 4 is 27.1 Å². The summed E-state index contributed by atoms with van der Waals surface area (Å²) in [4.78, 5) is 17.5. The summed E-state index contributed by atoms with van der Waals surface area (Å²) in [6.45, 7) is 0. The highest BCUT2D eigenvalue weighted by molar-refractivity contribution is 7.91. The minimum atomic E-state index is -4.84. The molecule has 0 saturated heterocycles. The summed E-state index contributed by atoms with van der Waals surface area (Å²) < 4.78 is 63.1. The van der Waals surface area contributed by atoms with E-state index in [2.05, 4.69) is 9.97 Å². The molecule has 0 aliphatic heterocycles. The molecule has 2 aromatic rings. The molecular formula is C13H10F3N2O4S2-. The van der Waals surface area contributed by atoms with E-state index in [1.807, 2.05) is 0 Å². The van der Waals surface area contributed by atoms with Gasteiger partial charge in [0.15, 0.2) is 0 Å². The third-order valence-corrected chi connectivity index (χ3v) is 5.30. The quantitative estimate of drug-likeness (QED) is 0.706. The second-order valence-corrected chi connectivity index (χ2v) is 7.64. The van der Waals surface area contributed by atoms with Gasteiger partial charge in [-0.15, -0.1) is 11.3 Å². The zero-order valence-electron chi connectivity index (χ0n) is 11.9. The fourth-order valence-corrected chi connectivity index (χ4v) is 3.63. The van der Waals surface area contributed by atoms with Crippen LogP contribution in [0.5, 0.6) is 0 Å². The molecule has 0 saturated carbocycles. The molecule has 2 heterocycles. The van der Waals surface area contributed by atoms with Crippen LogP contribution in [-0.4, -0.2) is 30.1 Å². The van der Waals surface area contributed by atoms with Crippen LogP contribution in [-0.2, 0) is 20.8 Å². The lowest BCUT2D eigenvalue weighted by Crippen LogP contribution is -2.23. The standard InChI is InChI=1S/C13H11F3N2O4S2/c14-13(15,16)10-7-8(9-3-1-5-23-9)17-12(18-10)24(21,22)6-2-4-11(19)20/h1,3,5,7H,2,4,6H2,(H,19,20)/p-1. The molecule has 24 heavy (non-hydrogen) atoms. The van der Waals surface area contributed by atoms with Crippen LogP contribution in [0.15, 0.2) is 28.7 Å². The van der Waals surface area contributed by atoms with Crippen LogP contribution >= 0.6 is 11.3 Å². The summed E-state index contributed by atoms with van der Waals surface area (Å²) in [5, 5.41) is 11.0. The van der Waals surface area contributed by atoms with Crippen LogP contribution in [0.3, 0.4) is 0 Å². The Labute approximate surface area is 138 Å². The summed E-state index contributed by atoms with van der Waals surface area (Å²) in [5.41, 5.74) is -1.54. The molecule has 6 nitrogen and oxygen atoms in total. The largest absolute Gasteiger partial charge is 0.550 e. The Morgan fingerprint density at radius 1 is 1.29 bits per heavy atom. The Hall–Kier alpha value is -2.01. The monoisotopic (exact) mass is 379 g/mol. The minimum Gasteiger partial charge on any atom is -0.550 e. The van der Waals surface area contributed by atoms with E-state index in [0.717, 1.165) is 11.3 Å². The highest BCUT2D eigenvalue weighted by Crippen LogP contribution is 2.32. The maximum Gasteiger partial charge on any atom is 0.433 e. The molecule has 0 amide bonds. The van der Waals surface area contributed by atoms with E-state index in [4.69, 9.17) is 0 Å². The average Bonchev–Trinajstić information content (AvgIpc) is 2.99. The molecule has 0 spiro atoms. The highest BCUT2D eigenvalue weighted by Gasteiger charge is 2.35. The maximum atomic E-state index is 13.0. The SMILES string of the molecule is O=C([O-])CCCS(=O)(=O)c1nc(-c2cccs2)cc(C(F)(F)F)n1. The number of thiophene rings is 1. The number of halogens is 3. The molecule has 0 aromatic carbocycles. The third kappa shape index (κ3) is 4.51. The van der Waals surface area contributed by atoms with Gasteiger partial charge in [0.25, 0.3) is 0 Å². The molecule has 0 radical (unpaired) electrons. The van der Waals surface area contributed by atoms with E-state index < -0.39 is 45.0 Å². The Kier molecular flexibility index (Phi) is 5.23. The van der Waals surface area contributed by atoms with Gasteiger partial charge >= 0.3 is 6.18 Å². The summed E-state index contributed by atoms with van der Waals surface area (Å²) in [5.74, 6) is -2.14. The van der Waals surface area contributed by atoms with E-state index in [-0.39, 0.29) is 12.1 Å². The number of hydrogen-bond acceptors (Lipinski definition) is 7. The van der Waals surface area contributed by atoms with Crippen molar-refractivity contribution in [2.75, 3.05) is 5.75 Å². The van der Waals surface area contributed by atoms with Crippen molar-refractivity contribution in [3.63, 3.8) is 0 Å². The van der Waals surface area contributed by atoms with Gasteiger partial charge in [0.1, 0.15) is 5.69 Å². The molecule has 11 heteroatoms. The van der Waals surface area contributed by atoms with Crippen LogP contribution in [0.1, 0.15) is 18.5 Å². The predicted octanol–water partition coefficient (Wildman–Crippen LogP) is 1.53. The van der Waals surface area contributed by atoms with Gasteiger partial charge in [-0.05, 0) is 30.4 Å². The van der Waals surface area contributed by atoms with Crippen molar-refractivity contribution in [2.45, 2.75) is 24.2 Å². The van der Waals surface area contributed by atoms with Crippen molar-refractivity contribution < 1.29 is 31.5 Å². The lowest BCUT2D eigenvalue weighted by atomic mass is 10.3. The number of aliphatic carboxylic acids is 1. The van der Waals surface area contributed by atoms with Crippen molar-refractivity contribution in [3.8, 4) is 10.6 Å². The molecule has 130 valence electrons. The fourth-order valence-electron chi connectivity index (χ4n) is 1.76. The number of rotatable bonds is 6. The second kappa shape index (κ2) is 6.85. The van der Waals surface area contributed by atoms with Crippen LogP contribution in [0, 0.1) is 0 Å². The van der Waals surface area contributed by atoms with Crippen molar-refractivity contribution in [3.05, 3.63) is 29.3 Å². The van der Waals surface area contributed by atoms with E-state index in [1.165, 1.54) is 6.07 Å². The molecule has 0 aliphatic rings. The first-order valence-electron chi connectivity index (χ1n) is 6.52. The van der Waals surface area contributed by atoms with Gasteiger partial charge in [-0.2, -0.15) is 13.2 Å². The van der Waals surface area contributed by atoms with E-state index in [1.54, 1.807) is 11.4 Å². The number of carbonyl (C=O) groups excluding carboxylic acids is 1. The first kappa shape index (κ1) is 18.3. The Morgan fingerprint density at radius 2 is 2.00 bits per heavy atom. The molecule has 0 unspecified atom stereocenters. The maximum absolute atomic E-state index is 13.0. The number of carboxylic acids is 1. The van der Waals surface area contributed by atoms with Crippen LogP contribution < -0.4 is 5.11 Å². The van der Waals surface area contributed by atoms with Gasteiger partial charge in [-0.25, -0.2) is 18.4 Å². The number of nitrogens with zero attached hydrogens (tertiary/aromatic N) is 2. The fraction of sp³-hybridized carbons (Fsp3) is 0.308. The molecule has 0 N–H and O–H groups in total. The molecule has 0 bridgehead atoms. The van der Waals surface area contributed by atoms with E-state index >= 15 is 0 Å². The molecule has 2 rings (SSSR count). The number of carboxylic acid groups (broad SMARTS) is 1. The van der Waals surface area contributed by atoms with Crippen molar-refractivity contribution in [1.29, 1.82) is 0 Å². The first-order valence-corrected chi connectivity index (χ1v) is 9.05. The Bertz CT molecular complexity index is 833. The Balaban J connectivity index is 2.45. The second-order valence-electron chi connectivity index (χ2n) is 4.69. The van der Waals surface area contributed by atoms with Gasteiger partial charge in [0.2, 0.25) is 15.0 Å². The molecule has 0 fully saturated rings. The number of hydrogen-bond donors (Lipinski definition) is 0. The average molecular weight is 379 g/mol. The van der Waals surface area contributed by atoms with Crippen molar-refractivity contribution in [2.24, 2.45) is 0 Å². The first-order chi connectivity index (χ1) is 11.1. The van der Waals surface area contributed by atoms with Gasteiger partial charge in [0, 0.05) is 5.97 Å². The number of sulfone groups is 1. The summed E-state index contributed by atoms with van der Waals surface area (Å²) in [7, 11) is -4.26. The molecular weight excluding hydrogens is 369 g/mol. The molecule has 2 aromatic heterocycles. The summed E-state index contributed by atoms with van der Waals surface area (Å²) >= 11 is 1.10. The summed E-state index contributed by atoms with van der Waals surface area (Å²) in [6.07, 6.45) is -5.68. The van der Waals surface area contributed by atoms with Crippen LogP contribution in [0.4, 0.5) is 13.2 Å².